The van der Waals surface area contributed by atoms with Crippen LogP contribution in [0.2, 0.25) is 0 Å². The molecule has 130 valence electrons. The number of ether oxygens (including phenoxy) is 3. The highest BCUT2D eigenvalue weighted by molar-refractivity contribution is 5.80. The topological polar surface area (TPSA) is 48.0 Å². The number of benzene rings is 1. The summed E-state index contributed by atoms with van der Waals surface area (Å²) >= 11 is 0. The molecule has 1 amide bonds. The number of likely N-dealkylation sites (tertiary alicyclic amines) is 1. The van der Waals surface area contributed by atoms with Gasteiger partial charge in [0.05, 0.1) is 18.6 Å². The number of piperidine rings is 1. The average molecular weight is 331 g/mol. The fraction of sp³-hybridized carbons (Fsp3) is 0.632. The van der Waals surface area contributed by atoms with E-state index < -0.39 is 0 Å². The van der Waals surface area contributed by atoms with E-state index in [4.69, 9.17) is 14.2 Å². The predicted octanol–water partition coefficient (Wildman–Crippen LogP) is 2.42. The summed E-state index contributed by atoms with van der Waals surface area (Å²) in [5, 5.41) is 0. The lowest BCUT2D eigenvalue weighted by atomic mass is 9.87. The first kappa shape index (κ1) is 15.8. The SMILES string of the molecule is COc1ccc2c(c1)OC[C@@H](C(=O)N1CCC3(CCCO3)CC1)C2. The van der Waals surface area contributed by atoms with E-state index in [1.165, 1.54) is 0 Å². The summed E-state index contributed by atoms with van der Waals surface area (Å²) in [4.78, 5) is 14.9. The van der Waals surface area contributed by atoms with Crippen LogP contribution < -0.4 is 9.47 Å². The second-order valence-corrected chi connectivity index (χ2v) is 7.15. The normalized spacial score (nSPS) is 25.2. The van der Waals surface area contributed by atoms with Crippen molar-refractivity contribution in [2.24, 2.45) is 5.92 Å². The van der Waals surface area contributed by atoms with E-state index in [1.807, 2.05) is 23.1 Å². The molecule has 1 aromatic carbocycles. The summed E-state index contributed by atoms with van der Waals surface area (Å²) in [5.41, 5.74) is 1.15. The number of hydrogen-bond acceptors (Lipinski definition) is 4. The molecule has 0 N–H and O–H groups in total. The number of hydrogen-bond donors (Lipinski definition) is 0. The monoisotopic (exact) mass is 331 g/mol. The second kappa shape index (κ2) is 6.28. The molecule has 5 heteroatoms. The Labute approximate surface area is 142 Å². The molecule has 0 radical (unpaired) electrons. The van der Waals surface area contributed by atoms with Crippen molar-refractivity contribution in [2.75, 3.05) is 33.4 Å². The Bertz CT molecular complexity index is 614. The Morgan fingerprint density at radius 1 is 1.29 bits per heavy atom. The number of methoxy groups -OCH3 is 1. The van der Waals surface area contributed by atoms with Gasteiger partial charge in [-0.2, -0.15) is 0 Å². The van der Waals surface area contributed by atoms with Crippen LogP contribution in [0.15, 0.2) is 18.2 Å². The third-order valence-corrected chi connectivity index (χ3v) is 5.70. The van der Waals surface area contributed by atoms with Gasteiger partial charge in [0.15, 0.2) is 0 Å². The van der Waals surface area contributed by atoms with Crippen LogP contribution in [0.25, 0.3) is 0 Å². The lowest BCUT2D eigenvalue weighted by Crippen LogP contribution is -2.49. The summed E-state index contributed by atoms with van der Waals surface area (Å²) < 4.78 is 17.0. The molecule has 0 bridgehead atoms. The van der Waals surface area contributed by atoms with Crippen molar-refractivity contribution in [1.82, 2.24) is 4.90 Å². The van der Waals surface area contributed by atoms with E-state index in [0.29, 0.717) is 6.61 Å². The first-order valence-corrected chi connectivity index (χ1v) is 8.92. The molecule has 0 aliphatic carbocycles. The van der Waals surface area contributed by atoms with Crippen molar-refractivity contribution >= 4 is 5.91 Å². The molecule has 1 spiro atoms. The van der Waals surface area contributed by atoms with Gasteiger partial charge in [0.1, 0.15) is 18.1 Å². The average Bonchev–Trinajstić information content (AvgIpc) is 3.09. The van der Waals surface area contributed by atoms with Crippen molar-refractivity contribution in [3.05, 3.63) is 23.8 Å². The van der Waals surface area contributed by atoms with Gasteiger partial charge < -0.3 is 19.1 Å². The summed E-state index contributed by atoms with van der Waals surface area (Å²) in [7, 11) is 1.65. The lowest BCUT2D eigenvalue weighted by Gasteiger charge is -2.40. The van der Waals surface area contributed by atoms with Gasteiger partial charge in [-0.3, -0.25) is 4.79 Å². The highest BCUT2D eigenvalue weighted by Crippen LogP contribution is 2.37. The fourth-order valence-corrected chi connectivity index (χ4v) is 4.18. The van der Waals surface area contributed by atoms with Crippen LogP contribution in [-0.2, 0) is 16.0 Å². The first-order chi connectivity index (χ1) is 11.7. The molecule has 24 heavy (non-hydrogen) atoms. The Morgan fingerprint density at radius 2 is 2.12 bits per heavy atom. The van der Waals surface area contributed by atoms with Gasteiger partial charge in [-0.25, -0.2) is 0 Å². The lowest BCUT2D eigenvalue weighted by molar-refractivity contribution is -0.141. The van der Waals surface area contributed by atoms with Gasteiger partial charge in [0.2, 0.25) is 5.91 Å². The highest BCUT2D eigenvalue weighted by atomic mass is 16.5. The summed E-state index contributed by atoms with van der Waals surface area (Å²) in [6, 6.07) is 5.83. The van der Waals surface area contributed by atoms with Crippen molar-refractivity contribution in [1.29, 1.82) is 0 Å². The molecule has 3 heterocycles. The molecular formula is C19H25NO4. The molecule has 2 fully saturated rings. The Kier molecular flexibility index (Phi) is 4.12. The maximum absolute atomic E-state index is 12.9. The number of carbonyl (C=O) groups excluding carboxylic acids is 1. The van der Waals surface area contributed by atoms with E-state index >= 15 is 0 Å². The smallest absolute Gasteiger partial charge is 0.229 e. The van der Waals surface area contributed by atoms with E-state index in [0.717, 1.165) is 68.9 Å². The maximum Gasteiger partial charge on any atom is 0.229 e. The quantitative estimate of drug-likeness (QED) is 0.835. The van der Waals surface area contributed by atoms with Gasteiger partial charge >= 0.3 is 0 Å². The van der Waals surface area contributed by atoms with Crippen molar-refractivity contribution in [2.45, 2.75) is 37.7 Å². The summed E-state index contributed by atoms with van der Waals surface area (Å²) in [6.07, 6.45) is 5.00. The van der Waals surface area contributed by atoms with Crippen molar-refractivity contribution in [3.8, 4) is 11.5 Å². The number of fused-ring (bicyclic) bond motifs is 1. The molecule has 0 aromatic heterocycles. The molecule has 2 saturated heterocycles. The van der Waals surface area contributed by atoms with E-state index in [-0.39, 0.29) is 17.4 Å². The minimum Gasteiger partial charge on any atom is -0.497 e. The van der Waals surface area contributed by atoms with Gasteiger partial charge in [-0.1, -0.05) is 6.07 Å². The second-order valence-electron chi connectivity index (χ2n) is 7.15. The minimum absolute atomic E-state index is 0.0585. The van der Waals surface area contributed by atoms with Crippen molar-refractivity contribution < 1.29 is 19.0 Å². The molecule has 3 aliphatic rings. The molecule has 5 nitrogen and oxygen atoms in total. The van der Waals surface area contributed by atoms with Crippen LogP contribution in [0.1, 0.15) is 31.2 Å². The molecule has 4 rings (SSSR count). The van der Waals surface area contributed by atoms with E-state index in [2.05, 4.69) is 0 Å². The predicted molar refractivity (Wildman–Crippen MR) is 89.4 cm³/mol. The van der Waals surface area contributed by atoms with Gasteiger partial charge in [-0.05, 0) is 43.7 Å². The van der Waals surface area contributed by atoms with Crippen LogP contribution in [0.5, 0.6) is 11.5 Å². The fourth-order valence-electron chi connectivity index (χ4n) is 4.18. The largest absolute Gasteiger partial charge is 0.497 e. The van der Waals surface area contributed by atoms with Gasteiger partial charge in [0.25, 0.3) is 0 Å². The third kappa shape index (κ3) is 2.86. The molecule has 3 aliphatic heterocycles. The van der Waals surface area contributed by atoms with Crippen LogP contribution in [0.3, 0.4) is 0 Å². The van der Waals surface area contributed by atoms with Crippen LogP contribution in [0, 0.1) is 5.92 Å². The van der Waals surface area contributed by atoms with Crippen LogP contribution in [0.4, 0.5) is 0 Å². The first-order valence-electron chi connectivity index (χ1n) is 8.92. The highest BCUT2D eigenvalue weighted by Gasteiger charge is 2.40. The van der Waals surface area contributed by atoms with Gasteiger partial charge in [-0.15, -0.1) is 0 Å². The molecule has 1 atom stereocenters. The zero-order chi connectivity index (χ0) is 16.6. The molecule has 1 aromatic rings. The third-order valence-electron chi connectivity index (χ3n) is 5.70. The number of nitrogens with zero attached hydrogens (tertiary/aromatic N) is 1. The minimum atomic E-state index is -0.0792. The van der Waals surface area contributed by atoms with Crippen LogP contribution >= 0.6 is 0 Å². The number of rotatable bonds is 2. The zero-order valence-corrected chi connectivity index (χ0v) is 14.3. The summed E-state index contributed by atoms with van der Waals surface area (Å²) in [6.45, 7) is 2.96. The standard InChI is InChI=1S/C19H25NO4/c1-22-16-4-3-14-11-15(13-23-17(14)12-16)18(21)20-8-6-19(7-9-20)5-2-10-24-19/h3-4,12,15H,2,5-11,13H2,1H3/t15-/m0/s1. The van der Waals surface area contributed by atoms with E-state index in [9.17, 15) is 4.79 Å². The molecular weight excluding hydrogens is 306 g/mol. The van der Waals surface area contributed by atoms with Crippen LogP contribution in [-0.4, -0.2) is 49.8 Å². The zero-order valence-electron chi connectivity index (χ0n) is 14.3. The molecule has 0 saturated carbocycles. The number of carbonyl (C=O) groups is 1. The molecule has 0 unspecified atom stereocenters. The Balaban J connectivity index is 1.39. The summed E-state index contributed by atoms with van der Waals surface area (Å²) in [5.74, 6) is 1.78. The number of amides is 1. The Morgan fingerprint density at radius 3 is 2.83 bits per heavy atom. The Hall–Kier alpha value is -1.75. The van der Waals surface area contributed by atoms with Crippen molar-refractivity contribution in [3.63, 3.8) is 0 Å². The van der Waals surface area contributed by atoms with E-state index in [1.54, 1.807) is 7.11 Å². The van der Waals surface area contributed by atoms with Gasteiger partial charge in [0, 0.05) is 25.8 Å². The maximum atomic E-state index is 12.9.